The highest BCUT2D eigenvalue weighted by Crippen LogP contribution is 2.38. The molecule has 3 aromatic rings. The monoisotopic (exact) mass is 313 g/mol. The van der Waals surface area contributed by atoms with Crippen LogP contribution in [-0.4, -0.2) is 27.3 Å². The maximum Gasteiger partial charge on any atom is 0.244 e. The molecule has 0 spiro atoms. The predicted octanol–water partition coefficient (Wildman–Crippen LogP) is 2.89. The van der Waals surface area contributed by atoms with Gasteiger partial charge in [0.1, 0.15) is 5.75 Å². The molecule has 2 atom stereocenters. The number of nitrogens with zero attached hydrogens (tertiary/aromatic N) is 4. The number of rotatable bonds is 3. The first-order chi connectivity index (χ1) is 10.8. The summed E-state index contributed by atoms with van der Waals surface area (Å²) in [4.78, 5) is 1.27. The molecule has 0 fully saturated rings. The van der Waals surface area contributed by atoms with Crippen molar-refractivity contribution in [1.82, 2.24) is 20.2 Å². The van der Waals surface area contributed by atoms with Gasteiger partial charge in [0.2, 0.25) is 5.95 Å². The molecule has 1 N–H and O–H groups in total. The number of hydrogen-bond donors (Lipinski definition) is 1. The molecule has 4 rings (SSSR count). The van der Waals surface area contributed by atoms with Gasteiger partial charge in [-0.15, -0.1) is 11.3 Å². The highest BCUT2D eigenvalue weighted by molar-refractivity contribution is 7.10. The van der Waals surface area contributed by atoms with E-state index in [9.17, 15) is 0 Å². The third kappa shape index (κ3) is 2.23. The van der Waals surface area contributed by atoms with Crippen molar-refractivity contribution >= 4 is 17.3 Å². The first-order valence-corrected chi connectivity index (χ1v) is 7.95. The number of tetrazole rings is 1. The third-order valence-corrected chi connectivity index (χ3v) is 4.91. The van der Waals surface area contributed by atoms with E-state index in [2.05, 4.69) is 50.5 Å². The highest BCUT2D eigenvalue weighted by atomic mass is 32.1. The van der Waals surface area contributed by atoms with Crippen molar-refractivity contribution in [3.63, 3.8) is 0 Å². The molecule has 22 heavy (non-hydrogen) atoms. The number of fused-ring (bicyclic) bond motifs is 1. The Hall–Kier alpha value is -2.41. The van der Waals surface area contributed by atoms with Crippen LogP contribution >= 0.6 is 11.3 Å². The Bertz CT molecular complexity index is 753. The largest absolute Gasteiger partial charge is 0.497 e. The minimum Gasteiger partial charge on any atom is -0.497 e. The number of benzene rings is 1. The van der Waals surface area contributed by atoms with Crippen LogP contribution in [0.5, 0.6) is 5.75 Å². The second-order valence-electron chi connectivity index (χ2n) is 5.18. The first kappa shape index (κ1) is 13.3. The van der Waals surface area contributed by atoms with E-state index < -0.39 is 0 Å². The SMILES string of the molecule is COc1ccc(C2CC(c3cccs3)n3nnnc3N2)cc1. The maximum atomic E-state index is 5.23. The van der Waals surface area contributed by atoms with Crippen LogP contribution in [0.25, 0.3) is 0 Å². The molecule has 2 aromatic heterocycles. The zero-order valence-corrected chi connectivity index (χ0v) is 12.8. The van der Waals surface area contributed by atoms with Crippen molar-refractivity contribution in [2.75, 3.05) is 12.4 Å². The van der Waals surface area contributed by atoms with Crippen molar-refractivity contribution in [1.29, 1.82) is 0 Å². The van der Waals surface area contributed by atoms with Crippen LogP contribution < -0.4 is 10.1 Å². The fourth-order valence-corrected chi connectivity index (χ4v) is 3.63. The third-order valence-electron chi connectivity index (χ3n) is 3.94. The summed E-state index contributed by atoms with van der Waals surface area (Å²) in [5.41, 5.74) is 1.21. The van der Waals surface area contributed by atoms with E-state index in [1.807, 2.05) is 16.8 Å². The number of hydrogen-bond acceptors (Lipinski definition) is 6. The normalized spacial score (nSPS) is 20.2. The van der Waals surface area contributed by atoms with Crippen LogP contribution in [-0.2, 0) is 0 Å². The zero-order chi connectivity index (χ0) is 14.9. The number of nitrogens with one attached hydrogen (secondary N) is 1. The van der Waals surface area contributed by atoms with Crippen molar-refractivity contribution < 1.29 is 4.74 Å². The van der Waals surface area contributed by atoms with Gasteiger partial charge in [0.05, 0.1) is 19.2 Å². The van der Waals surface area contributed by atoms with Gasteiger partial charge < -0.3 is 10.1 Å². The van der Waals surface area contributed by atoms with Gasteiger partial charge in [-0.3, -0.25) is 0 Å². The Morgan fingerprint density at radius 3 is 2.86 bits per heavy atom. The second kappa shape index (κ2) is 5.42. The van der Waals surface area contributed by atoms with E-state index in [0.29, 0.717) is 5.95 Å². The van der Waals surface area contributed by atoms with E-state index >= 15 is 0 Å². The average molecular weight is 313 g/mol. The summed E-state index contributed by atoms with van der Waals surface area (Å²) in [6.45, 7) is 0. The van der Waals surface area contributed by atoms with Crippen LogP contribution in [0.1, 0.15) is 28.9 Å². The standard InChI is InChI=1S/C15H15N5OS/c1-21-11-6-4-10(5-7-11)12-9-13(14-3-2-8-22-14)20-15(16-12)17-18-19-20/h2-8,12-13H,9H2,1H3,(H,16,17,19). The van der Waals surface area contributed by atoms with E-state index in [-0.39, 0.29) is 12.1 Å². The molecule has 1 aromatic carbocycles. The molecule has 0 radical (unpaired) electrons. The minimum atomic E-state index is 0.165. The van der Waals surface area contributed by atoms with Gasteiger partial charge >= 0.3 is 0 Å². The lowest BCUT2D eigenvalue weighted by Crippen LogP contribution is -2.27. The van der Waals surface area contributed by atoms with E-state index in [1.165, 1.54) is 10.4 Å². The lowest BCUT2D eigenvalue weighted by atomic mass is 9.97. The molecule has 0 amide bonds. The molecular formula is C15H15N5OS. The fraction of sp³-hybridized carbons (Fsp3) is 0.267. The Kier molecular flexibility index (Phi) is 3.27. The van der Waals surface area contributed by atoms with Crippen molar-refractivity contribution in [2.24, 2.45) is 0 Å². The first-order valence-electron chi connectivity index (χ1n) is 7.07. The molecule has 3 heterocycles. The maximum absolute atomic E-state index is 5.23. The number of anilines is 1. The van der Waals surface area contributed by atoms with Gasteiger partial charge in [0, 0.05) is 4.88 Å². The van der Waals surface area contributed by atoms with Gasteiger partial charge in [-0.05, 0) is 46.0 Å². The number of ether oxygens (including phenoxy) is 1. The molecule has 7 heteroatoms. The van der Waals surface area contributed by atoms with Crippen LogP contribution in [0, 0.1) is 0 Å². The summed E-state index contributed by atoms with van der Waals surface area (Å²) in [5.74, 6) is 1.57. The Balaban J connectivity index is 1.68. The van der Waals surface area contributed by atoms with Gasteiger partial charge in [0.25, 0.3) is 0 Å². The van der Waals surface area contributed by atoms with E-state index in [0.717, 1.165) is 12.2 Å². The number of methoxy groups -OCH3 is 1. The quantitative estimate of drug-likeness (QED) is 0.805. The zero-order valence-electron chi connectivity index (χ0n) is 12.0. The molecule has 112 valence electrons. The van der Waals surface area contributed by atoms with Gasteiger partial charge in [-0.1, -0.05) is 23.3 Å². The lowest BCUT2D eigenvalue weighted by molar-refractivity contribution is 0.413. The molecule has 0 bridgehead atoms. The Labute approximate surface area is 131 Å². The molecule has 0 aliphatic carbocycles. The summed E-state index contributed by atoms with van der Waals surface area (Å²) in [5, 5.41) is 17.5. The summed E-state index contributed by atoms with van der Waals surface area (Å²) in [7, 11) is 1.68. The van der Waals surface area contributed by atoms with Crippen LogP contribution in [0.4, 0.5) is 5.95 Å². The molecule has 1 aliphatic heterocycles. The van der Waals surface area contributed by atoms with Crippen molar-refractivity contribution in [2.45, 2.75) is 18.5 Å². The molecule has 6 nitrogen and oxygen atoms in total. The van der Waals surface area contributed by atoms with Gasteiger partial charge in [-0.25, -0.2) is 4.68 Å². The van der Waals surface area contributed by atoms with Crippen LogP contribution in [0.2, 0.25) is 0 Å². The molecular weight excluding hydrogens is 298 g/mol. The highest BCUT2D eigenvalue weighted by Gasteiger charge is 2.31. The summed E-state index contributed by atoms with van der Waals surface area (Å²) < 4.78 is 7.09. The summed E-state index contributed by atoms with van der Waals surface area (Å²) in [6.07, 6.45) is 0.908. The van der Waals surface area contributed by atoms with Crippen molar-refractivity contribution in [3.05, 3.63) is 52.2 Å². The minimum absolute atomic E-state index is 0.165. The molecule has 0 saturated carbocycles. The van der Waals surface area contributed by atoms with E-state index in [4.69, 9.17) is 4.74 Å². The second-order valence-corrected chi connectivity index (χ2v) is 6.16. The number of thiophene rings is 1. The molecule has 1 aliphatic rings. The summed E-state index contributed by atoms with van der Waals surface area (Å²) >= 11 is 1.74. The topological polar surface area (TPSA) is 64.9 Å². The predicted molar refractivity (Wildman–Crippen MR) is 84.2 cm³/mol. The Morgan fingerprint density at radius 2 is 2.14 bits per heavy atom. The molecule has 0 saturated heterocycles. The van der Waals surface area contributed by atoms with E-state index in [1.54, 1.807) is 18.4 Å². The number of aromatic nitrogens is 4. The molecule has 2 unspecified atom stereocenters. The smallest absolute Gasteiger partial charge is 0.244 e. The van der Waals surface area contributed by atoms with Gasteiger partial charge in [0.15, 0.2) is 0 Å². The Morgan fingerprint density at radius 1 is 1.27 bits per heavy atom. The van der Waals surface area contributed by atoms with Crippen LogP contribution in [0.15, 0.2) is 41.8 Å². The fourth-order valence-electron chi connectivity index (χ4n) is 2.81. The van der Waals surface area contributed by atoms with Gasteiger partial charge in [-0.2, -0.15) is 0 Å². The summed E-state index contributed by atoms with van der Waals surface area (Å²) in [6, 6.07) is 12.7. The van der Waals surface area contributed by atoms with Crippen LogP contribution in [0.3, 0.4) is 0 Å². The average Bonchev–Trinajstić information content (AvgIpc) is 3.25. The lowest BCUT2D eigenvalue weighted by Gasteiger charge is -2.30. The van der Waals surface area contributed by atoms with Crippen molar-refractivity contribution in [3.8, 4) is 5.75 Å².